The molecule has 0 aliphatic heterocycles. The molecule has 30 heavy (non-hydrogen) atoms. The van der Waals surface area contributed by atoms with Crippen molar-refractivity contribution in [2.24, 2.45) is 0 Å². The van der Waals surface area contributed by atoms with Crippen LogP contribution in [0.4, 0.5) is 0 Å². The molecule has 3 rings (SSSR count). The average Bonchev–Trinajstić information content (AvgIpc) is 2.73. The highest BCUT2D eigenvalue weighted by molar-refractivity contribution is 7.90. The van der Waals surface area contributed by atoms with Crippen LogP contribution in [-0.2, 0) is 21.2 Å². The zero-order valence-electron chi connectivity index (χ0n) is 15.8. The van der Waals surface area contributed by atoms with Crippen molar-refractivity contribution in [1.82, 2.24) is 20.6 Å². The highest BCUT2D eigenvalue weighted by Gasteiger charge is 2.12. The van der Waals surface area contributed by atoms with E-state index in [1.807, 2.05) is 0 Å². The van der Waals surface area contributed by atoms with Crippen molar-refractivity contribution in [1.29, 1.82) is 0 Å². The van der Waals surface area contributed by atoms with Crippen LogP contribution in [0.5, 0.6) is 0 Å². The minimum absolute atomic E-state index is 0.0675. The summed E-state index contributed by atoms with van der Waals surface area (Å²) in [5.41, 5.74) is 3.67. The molecule has 0 saturated carbocycles. The molecule has 3 aromatic rings. The van der Waals surface area contributed by atoms with Gasteiger partial charge in [-0.1, -0.05) is 12.1 Å². The summed E-state index contributed by atoms with van der Waals surface area (Å²) in [6.07, 6.45) is 0.873. The molecule has 0 aliphatic rings. The average molecular weight is 430 g/mol. The second kappa shape index (κ2) is 8.33. The number of H-pyrrole nitrogens is 1. The SMILES string of the molecule is CS(=O)(=O)c1ccc(C(=O)NNC(=O)CCn2[nH]c(=O)c3ccccc3c2=O)cc1. The fourth-order valence-electron chi connectivity index (χ4n) is 2.73. The van der Waals surface area contributed by atoms with Crippen LogP contribution in [-0.4, -0.2) is 36.3 Å². The van der Waals surface area contributed by atoms with Gasteiger partial charge in [-0.2, -0.15) is 0 Å². The number of benzene rings is 2. The Balaban J connectivity index is 1.60. The number of carbonyl (C=O) groups excluding carboxylic acids is 2. The lowest BCUT2D eigenvalue weighted by Gasteiger charge is -2.09. The van der Waals surface area contributed by atoms with Crippen molar-refractivity contribution in [3.05, 3.63) is 74.8 Å². The topological polar surface area (TPSA) is 147 Å². The molecule has 2 amide bonds. The number of amides is 2. The standard InChI is InChI=1S/C19H18N4O6S/c1-30(28,29)13-8-6-12(7-9-13)17(25)21-20-16(24)10-11-23-19(27)15-5-3-2-4-14(15)18(26)22-23/h2-9H,10-11H2,1H3,(H,20,24)(H,21,25)(H,22,26). The number of hydrazine groups is 1. The van der Waals surface area contributed by atoms with E-state index in [4.69, 9.17) is 0 Å². The van der Waals surface area contributed by atoms with Crippen LogP contribution >= 0.6 is 0 Å². The van der Waals surface area contributed by atoms with Crippen LogP contribution in [0.3, 0.4) is 0 Å². The van der Waals surface area contributed by atoms with Crippen LogP contribution in [0.1, 0.15) is 16.8 Å². The molecule has 0 unspecified atom stereocenters. The smallest absolute Gasteiger partial charge is 0.273 e. The molecule has 0 bridgehead atoms. The summed E-state index contributed by atoms with van der Waals surface area (Å²) < 4.78 is 23.9. The number of aryl methyl sites for hydroxylation is 1. The summed E-state index contributed by atoms with van der Waals surface area (Å²) in [5.74, 6) is -1.23. The van der Waals surface area contributed by atoms with Crippen LogP contribution in [0.25, 0.3) is 10.8 Å². The number of aromatic amines is 1. The van der Waals surface area contributed by atoms with Crippen molar-refractivity contribution in [3.63, 3.8) is 0 Å². The van der Waals surface area contributed by atoms with Crippen LogP contribution in [0.15, 0.2) is 63.0 Å². The summed E-state index contributed by atoms with van der Waals surface area (Å²) in [4.78, 5) is 48.5. The van der Waals surface area contributed by atoms with Crippen molar-refractivity contribution in [2.75, 3.05) is 6.26 Å². The molecule has 0 spiro atoms. The van der Waals surface area contributed by atoms with Gasteiger partial charge in [0.05, 0.1) is 22.2 Å². The Kier molecular flexibility index (Phi) is 5.83. The van der Waals surface area contributed by atoms with Crippen molar-refractivity contribution < 1.29 is 18.0 Å². The van der Waals surface area contributed by atoms with Gasteiger partial charge < -0.3 is 0 Å². The second-order valence-corrected chi connectivity index (χ2v) is 8.51. The predicted molar refractivity (Wildman–Crippen MR) is 109 cm³/mol. The first-order chi connectivity index (χ1) is 14.2. The molecule has 0 atom stereocenters. The fraction of sp³-hybridized carbons (Fsp3) is 0.158. The summed E-state index contributed by atoms with van der Waals surface area (Å²) >= 11 is 0. The molecule has 3 N–H and O–H groups in total. The van der Waals surface area contributed by atoms with Gasteiger partial charge in [0.15, 0.2) is 9.84 Å². The van der Waals surface area contributed by atoms with E-state index in [-0.39, 0.29) is 34.2 Å². The molecule has 0 saturated heterocycles. The lowest BCUT2D eigenvalue weighted by atomic mass is 10.2. The zero-order valence-corrected chi connectivity index (χ0v) is 16.7. The molecule has 1 heterocycles. The number of carbonyl (C=O) groups is 2. The number of rotatable bonds is 5. The maximum Gasteiger partial charge on any atom is 0.273 e. The Hall–Kier alpha value is -3.73. The number of sulfone groups is 1. The minimum atomic E-state index is -3.38. The number of hydrogen-bond acceptors (Lipinski definition) is 6. The number of nitrogens with one attached hydrogen (secondary N) is 3. The van der Waals surface area contributed by atoms with Gasteiger partial charge in [0, 0.05) is 18.2 Å². The third-order valence-electron chi connectivity index (χ3n) is 4.31. The normalized spacial score (nSPS) is 11.2. The molecule has 11 heteroatoms. The minimum Gasteiger partial charge on any atom is -0.273 e. The first-order valence-corrected chi connectivity index (χ1v) is 10.7. The Morgan fingerprint density at radius 1 is 0.967 bits per heavy atom. The summed E-state index contributed by atoms with van der Waals surface area (Å²) in [5, 5.41) is 2.92. The summed E-state index contributed by atoms with van der Waals surface area (Å²) in [6.45, 7) is -0.0936. The predicted octanol–water partition coefficient (Wildman–Crippen LogP) is -0.0554. The zero-order chi connectivity index (χ0) is 21.9. The van der Waals surface area contributed by atoms with E-state index in [1.165, 1.54) is 36.4 Å². The molecular weight excluding hydrogens is 412 g/mol. The molecule has 0 radical (unpaired) electrons. The maximum absolute atomic E-state index is 12.4. The van der Waals surface area contributed by atoms with Gasteiger partial charge in [0.25, 0.3) is 17.0 Å². The molecule has 156 valence electrons. The van der Waals surface area contributed by atoms with Crippen LogP contribution < -0.4 is 22.0 Å². The number of aromatic nitrogens is 2. The molecule has 0 aliphatic carbocycles. The van der Waals surface area contributed by atoms with Gasteiger partial charge in [-0.15, -0.1) is 0 Å². The van der Waals surface area contributed by atoms with Gasteiger partial charge in [0.1, 0.15) is 0 Å². The van der Waals surface area contributed by atoms with E-state index in [2.05, 4.69) is 16.0 Å². The summed E-state index contributed by atoms with van der Waals surface area (Å²) in [6, 6.07) is 11.5. The Labute approximate surface area is 170 Å². The van der Waals surface area contributed by atoms with Crippen molar-refractivity contribution in [2.45, 2.75) is 17.9 Å². The molecule has 2 aromatic carbocycles. The fourth-order valence-corrected chi connectivity index (χ4v) is 3.36. The molecular formula is C19H18N4O6S. The second-order valence-electron chi connectivity index (χ2n) is 6.49. The largest absolute Gasteiger partial charge is 0.273 e. The van der Waals surface area contributed by atoms with Gasteiger partial charge >= 0.3 is 0 Å². The van der Waals surface area contributed by atoms with E-state index < -0.39 is 32.8 Å². The van der Waals surface area contributed by atoms with Gasteiger partial charge in [-0.3, -0.25) is 35.1 Å². The highest BCUT2D eigenvalue weighted by atomic mass is 32.2. The summed E-state index contributed by atoms with van der Waals surface area (Å²) in [7, 11) is -3.38. The van der Waals surface area contributed by atoms with Gasteiger partial charge in [-0.25, -0.2) is 13.1 Å². The van der Waals surface area contributed by atoms with E-state index in [0.717, 1.165) is 10.9 Å². The van der Waals surface area contributed by atoms with E-state index in [0.29, 0.717) is 0 Å². The van der Waals surface area contributed by atoms with Gasteiger partial charge in [0.2, 0.25) is 5.91 Å². The quantitative estimate of drug-likeness (QED) is 0.483. The number of nitrogens with zero attached hydrogens (tertiary/aromatic N) is 1. The molecule has 0 fully saturated rings. The van der Waals surface area contributed by atoms with E-state index in [9.17, 15) is 27.6 Å². The Bertz CT molecular complexity index is 1340. The molecule has 10 nitrogen and oxygen atoms in total. The van der Waals surface area contributed by atoms with Crippen LogP contribution in [0.2, 0.25) is 0 Å². The lowest BCUT2D eigenvalue weighted by Crippen LogP contribution is -2.42. The Morgan fingerprint density at radius 3 is 2.23 bits per heavy atom. The lowest BCUT2D eigenvalue weighted by molar-refractivity contribution is -0.122. The molecule has 1 aromatic heterocycles. The monoisotopic (exact) mass is 430 g/mol. The maximum atomic E-state index is 12.4. The van der Waals surface area contributed by atoms with Crippen molar-refractivity contribution in [3.8, 4) is 0 Å². The van der Waals surface area contributed by atoms with E-state index >= 15 is 0 Å². The first-order valence-electron chi connectivity index (χ1n) is 8.78. The van der Waals surface area contributed by atoms with Gasteiger partial charge in [-0.05, 0) is 36.4 Å². The Morgan fingerprint density at radius 2 is 1.60 bits per heavy atom. The number of hydrogen-bond donors (Lipinski definition) is 3. The van der Waals surface area contributed by atoms with Crippen LogP contribution in [0, 0.1) is 0 Å². The van der Waals surface area contributed by atoms with E-state index in [1.54, 1.807) is 12.1 Å². The third-order valence-corrected chi connectivity index (χ3v) is 5.43. The first kappa shape index (κ1) is 21.0. The number of fused-ring (bicyclic) bond motifs is 1. The third kappa shape index (κ3) is 4.63. The van der Waals surface area contributed by atoms with Crippen molar-refractivity contribution >= 4 is 32.4 Å². The highest BCUT2D eigenvalue weighted by Crippen LogP contribution is 2.10.